The number of hydrogen-bond donors (Lipinski definition) is 1. The number of hydrogen-bond acceptors (Lipinski definition) is 3. The minimum absolute atomic E-state index is 0.219. The summed E-state index contributed by atoms with van der Waals surface area (Å²) >= 11 is 0. The van der Waals surface area contributed by atoms with E-state index in [2.05, 4.69) is 0 Å². The van der Waals surface area contributed by atoms with E-state index in [9.17, 15) is 15.2 Å². The van der Waals surface area contributed by atoms with Crippen LogP contribution in [0.2, 0.25) is 0 Å². The largest absolute Gasteiger partial charge is 0.502 e. The number of nitrogens with zero attached hydrogens (tertiary/aromatic N) is 1. The molecule has 76 valence electrons. The van der Waals surface area contributed by atoms with Crippen LogP contribution in [0.3, 0.4) is 0 Å². The molecule has 4 heteroatoms. The molecule has 0 spiro atoms. The van der Waals surface area contributed by atoms with Crippen LogP contribution in [0.4, 0.5) is 5.69 Å². The Labute approximate surface area is 82.3 Å². The van der Waals surface area contributed by atoms with Gasteiger partial charge in [0.2, 0.25) is 0 Å². The van der Waals surface area contributed by atoms with Gasteiger partial charge in [-0.25, -0.2) is 0 Å². The van der Waals surface area contributed by atoms with Gasteiger partial charge in [0.15, 0.2) is 5.75 Å². The fourth-order valence-corrected chi connectivity index (χ4v) is 1.31. The van der Waals surface area contributed by atoms with Crippen molar-refractivity contribution in [2.45, 2.75) is 20.3 Å². The molecule has 1 N–H and O–H groups in total. The number of nitro groups is 1. The molecule has 0 radical (unpaired) electrons. The van der Waals surface area contributed by atoms with Gasteiger partial charge in [0, 0.05) is 6.07 Å². The topological polar surface area (TPSA) is 63.4 Å². The van der Waals surface area contributed by atoms with Crippen molar-refractivity contribution in [1.29, 1.82) is 0 Å². The van der Waals surface area contributed by atoms with Gasteiger partial charge in [0.1, 0.15) is 0 Å². The molecular formula is C10H13NO3. The summed E-state index contributed by atoms with van der Waals surface area (Å²) in [4.78, 5) is 9.94. The molecule has 0 saturated heterocycles. The van der Waals surface area contributed by atoms with Crippen LogP contribution in [0.1, 0.15) is 19.4 Å². The van der Waals surface area contributed by atoms with Gasteiger partial charge in [-0.3, -0.25) is 10.1 Å². The van der Waals surface area contributed by atoms with Crippen LogP contribution in [0, 0.1) is 16.0 Å². The first-order valence-corrected chi connectivity index (χ1v) is 4.47. The van der Waals surface area contributed by atoms with Crippen LogP contribution in [-0.2, 0) is 6.42 Å². The standard InChI is InChI=1S/C10H13NO3/c1-7(2)5-8-3-4-10(12)9(6-8)11(13)14/h3-4,6-7,12H,5H2,1-2H3. The van der Waals surface area contributed by atoms with Gasteiger partial charge < -0.3 is 5.11 Å². The first kappa shape index (κ1) is 10.5. The van der Waals surface area contributed by atoms with Crippen molar-refractivity contribution in [2.24, 2.45) is 5.92 Å². The third-order valence-corrected chi connectivity index (χ3v) is 1.88. The molecule has 14 heavy (non-hydrogen) atoms. The maximum Gasteiger partial charge on any atom is 0.310 e. The zero-order valence-electron chi connectivity index (χ0n) is 8.23. The van der Waals surface area contributed by atoms with Crippen molar-refractivity contribution in [2.75, 3.05) is 0 Å². The fraction of sp³-hybridized carbons (Fsp3) is 0.400. The van der Waals surface area contributed by atoms with Crippen LogP contribution in [-0.4, -0.2) is 10.0 Å². The maximum atomic E-state index is 10.5. The quantitative estimate of drug-likeness (QED) is 0.595. The molecule has 1 rings (SSSR count). The first-order valence-electron chi connectivity index (χ1n) is 4.47. The Morgan fingerprint density at radius 2 is 2.14 bits per heavy atom. The first-order chi connectivity index (χ1) is 6.50. The Morgan fingerprint density at radius 1 is 1.50 bits per heavy atom. The minimum Gasteiger partial charge on any atom is -0.502 e. The Balaban J connectivity index is 3.00. The normalized spacial score (nSPS) is 10.5. The molecule has 0 heterocycles. The molecular weight excluding hydrogens is 182 g/mol. The maximum absolute atomic E-state index is 10.5. The molecule has 1 aromatic rings. The highest BCUT2D eigenvalue weighted by molar-refractivity contribution is 5.47. The molecule has 0 aliphatic carbocycles. The average Bonchev–Trinajstić information content (AvgIpc) is 2.07. The van der Waals surface area contributed by atoms with Gasteiger partial charge in [-0.1, -0.05) is 19.9 Å². The molecule has 0 bridgehead atoms. The van der Waals surface area contributed by atoms with Gasteiger partial charge in [0.25, 0.3) is 0 Å². The molecule has 0 unspecified atom stereocenters. The Bertz CT molecular complexity index is 347. The number of benzene rings is 1. The van der Waals surface area contributed by atoms with Crippen molar-refractivity contribution in [1.82, 2.24) is 0 Å². The van der Waals surface area contributed by atoms with Crippen molar-refractivity contribution in [3.63, 3.8) is 0 Å². The minimum atomic E-state index is -0.570. The highest BCUT2D eigenvalue weighted by atomic mass is 16.6. The third-order valence-electron chi connectivity index (χ3n) is 1.88. The molecule has 4 nitrogen and oxygen atoms in total. The fourth-order valence-electron chi connectivity index (χ4n) is 1.31. The summed E-state index contributed by atoms with van der Waals surface area (Å²) < 4.78 is 0. The Hall–Kier alpha value is -1.58. The summed E-state index contributed by atoms with van der Waals surface area (Å²) in [6.07, 6.45) is 0.779. The molecule has 1 aromatic carbocycles. The highest BCUT2D eigenvalue weighted by Gasteiger charge is 2.13. The average molecular weight is 195 g/mol. The Morgan fingerprint density at radius 3 is 2.64 bits per heavy atom. The molecule has 0 saturated carbocycles. The van der Waals surface area contributed by atoms with E-state index in [1.165, 1.54) is 12.1 Å². The monoisotopic (exact) mass is 195 g/mol. The molecule has 0 amide bonds. The van der Waals surface area contributed by atoms with Gasteiger partial charge in [-0.15, -0.1) is 0 Å². The van der Waals surface area contributed by atoms with E-state index in [0.29, 0.717) is 5.92 Å². The van der Waals surface area contributed by atoms with E-state index in [1.807, 2.05) is 13.8 Å². The number of phenolic OH excluding ortho intramolecular Hbond substituents is 1. The van der Waals surface area contributed by atoms with Gasteiger partial charge >= 0.3 is 5.69 Å². The smallest absolute Gasteiger partial charge is 0.310 e. The van der Waals surface area contributed by atoms with E-state index in [4.69, 9.17) is 0 Å². The van der Waals surface area contributed by atoms with E-state index in [0.717, 1.165) is 12.0 Å². The zero-order chi connectivity index (χ0) is 10.7. The highest BCUT2D eigenvalue weighted by Crippen LogP contribution is 2.27. The molecule has 0 fully saturated rings. The van der Waals surface area contributed by atoms with Crippen LogP contribution in [0.25, 0.3) is 0 Å². The lowest BCUT2D eigenvalue weighted by Gasteiger charge is -2.04. The number of nitro benzene ring substituents is 1. The second-order valence-corrected chi connectivity index (χ2v) is 3.68. The lowest BCUT2D eigenvalue weighted by molar-refractivity contribution is -0.385. The summed E-state index contributed by atoms with van der Waals surface area (Å²) in [5, 5.41) is 19.7. The molecule has 0 aliphatic rings. The van der Waals surface area contributed by atoms with E-state index in [-0.39, 0.29) is 11.4 Å². The zero-order valence-corrected chi connectivity index (χ0v) is 8.23. The van der Waals surface area contributed by atoms with Crippen LogP contribution < -0.4 is 0 Å². The molecule has 0 aliphatic heterocycles. The van der Waals surface area contributed by atoms with Crippen LogP contribution >= 0.6 is 0 Å². The van der Waals surface area contributed by atoms with Crippen LogP contribution in [0.5, 0.6) is 5.75 Å². The lowest BCUT2D eigenvalue weighted by Crippen LogP contribution is -1.96. The van der Waals surface area contributed by atoms with Crippen LogP contribution in [0.15, 0.2) is 18.2 Å². The van der Waals surface area contributed by atoms with Crippen molar-refractivity contribution in [3.8, 4) is 5.75 Å². The summed E-state index contributed by atoms with van der Waals surface area (Å²) in [5.74, 6) is 0.168. The summed E-state index contributed by atoms with van der Waals surface area (Å²) in [6.45, 7) is 4.08. The van der Waals surface area contributed by atoms with Gasteiger partial charge in [-0.2, -0.15) is 0 Å². The van der Waals surface area contributed by atoms with E-state index >= 15 is 0 Å². The summed E-state index contributed by atoms with van der Waals surface area (Å²) in [7, 11) is 0. The van der Waals surface area contributed by atoms with Gasteiger partial charge in [-0.05, 0) is 24.0 Å². The van der Waals surface area contributed by atoms with Crippen molar-refractivity contribution in [3.05, 3.63) is 33.9 Å². The van der Waals surface area contributed by atoms with E-state index in [1.54, 1.807) is 6.07 Å². The van der Waals surface area contributed by atoms with Crippen molar-refractivity contribution >= 4 is 5.69 Å². The summed E-state index contributed by atoms with van der Waals surface area (Å²) in [5.41, 5.74) is 0.660. The number of rotatable bonds is 3. The number of phenols is 1. The molecule has 0 atom stereocenters. The predicted octanol–water partition coefficient (Wildman–Crippen LogP) is 2.50. The van der Waals surface area contributed by atoms with Gasteiger partial charge in [0.05, 0.1) is 4.92 Å². The van der Waals surface area contributed by atoms with Crippen molar-refractivity contribution < 1.29 is 10.0 Å². The summed E-state index contributed by atoms with van der Waals surface area (Å²) in [6, 6.07) is 4.51. The number of aromatic hydroxyl groups is 1. The second-order valence-electron chi connectivity index (χ2n) is 3.68. The van der Waals surface area contributed by atoms with E-state index < -0.39 is 4.92 Å². The Kier molecular flexibility index (Phi) is 3.06. The molecule has 0 aromatic heterocycles. The predicted molar refractivity (Wildman–Crippen MR) is 53.3 cm³/mol. The third kappa shape index (κ3) is 2.45. The lowest BCUT2D eigenvalue weighted by atomic mass is 10.0. The SMILES string of the molecule is CC(C)Cc1ccc(O)c([N+](=O)[O-])c1. The second kappa shape index (κ2) is 4.09.